The highest BCUT2D eigenvalue weighted by molar-refractivity contribution is 5.89. The van der Waals surface area contributed by atoms with Gasteiger partial charge in [-0.2, -0.15) is 13.2 Å². The Bertz CT molecular complexity index is 480. The zero-order chi connectivity index (χ0) is 16.0. The number of likely N-dealkylation sites (N-methyl/N-ethyl adjacent to an activating group) is 1. The molecule has 1 rings (SSSR count). The smallest absolute Gasteiger partial charge is 0.416 e. The summed E-state index contributed by atoms with van der Waals surface area (Å²) >= 11 is 0. The van der Waals surface area contributed by atoms with Crippen molar-refractivity contribution in [3.8, 4) is 5.75 Å². The van der Waals surface area contributed by atoms with E-state index in [1.54, 1.807) is 31.2 Å². The van der Waals surface area contributed by atoms with Gasteiger partial charge in [-0.05, 0) is 19.1 Å². The van der Waals surface area contributed by atoms with E-state index in [1.807, 2.05) is 0 Å². The average molecular weight is 306 g/mol. The van der Waals surface area contributed by atoms with Crippen LogP contribution in [0.4, 0.5) is 23.7 Å². The van der Waals surface area contributed by atoms with E-state index in [0.717, 1.165) is 11.9 Å². The van der Waals surface area contributed by atoms with Crippen LogP contribution in [0.5, 0.6) is 5.75 Å². The number of carbonyl (C=O) groups excluding carboxylic acids is 1. The van der Waals surface area contributed by atoms with Gasteiger partial charge in [0, 0.05) is 18.8 Å². The summed E-state index contributed by atoms with van der Waals surface area (Å²) in [6.45, 7) is 1.41. The predicted molar refractivity (Wildman–Crippen MR) is 71.3 cm³/mol. The van der Waals surface area contributed by atoms with E-state index in [-0.39, 0.29) is 0 Å². The van der Waals surface area contributed by atoms with Gasteiger partial charge in [0.1, 0.15) is 5.75 Å². The summed E-state index contributed by atoms with van der Waals surface area (Å²) in [6, 6.07) is 5.71. The second-order valence-electron chi connectivity index (χ2n) is 4.33. The number of carbonyl (C=O) groups is 1. The number of nitrogens with zero attached hydrogens (tertiary/aromatic N) is 1. The van der Waals surface area contributed by atoms with Crippen LogP contribution in [0.15, 0.2) is 24.3 Å². The zero-order valence-corrected chi connectivity index (χ0v) is 11.6. The number of nitrogens with one attached hydrogen (secondary N) is 1. The molecule has 0 saturated heterocycles. The molecule has 0 radical (unpaired) electrons. The Balaban J connectivity index is 2.62. The number of benzene rings is 1. The third kappa shape index (κ3) is 5.50. The number of halogens is 3. The van der Waals surface area contributed by atoms with Crippen molar-refractivity contribution in [2.75, 3.05) is 25.5 Å². The summed E-state index contributed by atoms with van der Waals surface area (Å²) < 4.78 is 41.9. The van der Waals surface area contributed by atoms with E-state index < -0.39 is 24.9 Å². The van der Waals surface area contributed by atoms with Crippen molar-refractivity contribution in [3.05, 3.63) is 24.3 Å². The van der Waals surface area contributed by atoms with Crippen molar-refractivity contribution in [2.45, 2.75) is 19.2 Å². The number of ether oxygens (including phenoxy) is 1. The molecule has 0 aliphatic rings. The molecular formula is C13H17F3N2O3. The Morgan fingerprint density at radius 2 is 2.14 bits per heavy atom. The molecule has 0 bridgehead atoms. The highest BCUT2D eigenvalue weighted by Crippen LogP contribution is 2.21. The van der Waals surface area contributed by atoms with E-state index in [2.05, 4.69) is 5.32 Å². The number of amides is 2. The van der Waals surface area contributed by atoms with Crippen LogP contribution in [0.2, 0.25) is 0 Å². The normalized spacial score (nSPS) is 12.7. The lowest BCUT2D eigenvalue weighted by Crippen LogP contribution is -2.43. The van der Waals surface area contributed by atoms with Crippen molar-refractivity contribution in [1.29, 1.82) is 0 Å². The molecule has 1 atom stereocenters. The highest BCUT2D eigenvalue weighted by Gasteiger charge is 2.39. The van der Waals surface area contributed by atoms with Crippen LogP contribution in [-0.4, -0.2) is 48.5 Å². The topological polar surface area (TPSA) is 61.8 Å². The van der Waals surface area contributed by atoms with Gasteiger partial charge >= 0.3 is 12.2 Å². The van der Waals surface area contributed by atoms with E-state index in [1.165, 1.54) is 0 Å². The molecule has 0 heterocycles. The van der Waals surface area contributed by atoms with Crippen LogP contribution in [-0.2, 0) is 0 Å². The van der Waals surface area contributed by atoms with Crippen LogP contribution in [0.3, 0.4) is 0 Å². The monoisotopic (exact) mass is 306 g/mol. The molecule has 0 spiro atoms. The van der Waals surface area contributed by atoms with Gasteiger partial charge < -0.3 is 20.1 Å². The predicted octanol–water partition coefficient (Wildman–Crippen LogP) is 2.47. The first-order chi connectivity index (χ1) is 9.74. The van der Waals surface area contributed by atoms with Crippen LogP contribution >= 0.6 is 0 Å². The number of rotatable bonds is 5. The van der Waals surface area contributed by atoms with Gasteiger partial charge in [-0.15, -0.1) is 0 Å². The molecule has 1 aromatic rings. The first-order valence-electron chi connectivity index (χ1n) is 6.23. The second-order valence-corrected chi connectivity index (χ2v) is 4.33. The third-order valence-electron chi connectivity index (χ3n) is 2.57. The lowest BCUT2D eigenvalue weighted by atomic mass is 10.3. The molecule has 0 aromatic heterocycles. The maximum absolute atomic E-state index is 12.2. The third-order valence-corrected chi connectivity index (χ3v) is 2.57. The van der Waals surface area contributed by atoms with Crippen molar-refractivity contribution < 1.29 is 27.8 Å². The van der Waals surface area contributed by atoms with Gasteiger partial charge in [0.15, 0.2) is 6.10 Å². The van der Waals surface area contributed by atoms with Crippen LogP contribution in [0, 0.1) is 0 Å². The molecule has 8 heteroatoms. The Kier molecular flexibility index (Phi) is 5.83. The van der Waals surface area contributed by atoms with E-state index in [0.29, 0.717) is 18.0 Å². The van der Waals surface area contributed by atoms with Gasteiger partial charge in [0.05, 0.1) is 13.2 Å². The molecule has 21 heavy (non-hydrogen) atoms. The highest BCUT2D eigenvalue weighted by atomic mass is 19.4. The Labute approximate surface area is 120 Å². The number of alkyl halides is 3. The molecule has 0 fully saturated rings. The first-order valence-corrected chi connectivity index (χ1v) is 6.23. The molecule has 5 nitrogen and oxygen atoms in total. The van der Waals surface area contributed by atoms with Crippen molar-refractivity contribution in [1.82, 2.24) is 4.90 Å². The second kappa shape index (κ2) is 7.16. The van der Waals surface area contributed by atoms with Crippen LogP contribution < -0.4 is 10.1 Å². The molecule has 2 amide bonds. The Morgan fingerprint density at radius 3 is 2.71 bits per heavy atom. The van der Waals surface area contributed by atoms with Gasteiger partial charge in [0.2, 0.25) is 0 Å². The summed E-state index contributed by atoms with van der Waals surface area (Å²) in [4.78, 5) is 12.5. The van der Waals surface area contributed by atoms with E-state index in [9.17, 15) is 18.0 Å². The molecule has 1 unspecified atom stereocenters. The summed E-state index contributed by atoms with van der Waals surface area (Å²) in [5.41, 5.74) is 0.388. The Morgan fingerprint density at radius 1 is 1.48 bits per heavy atom. The summed E-state index contributed by atoms with van der Waals surface area (Å²) in [5, 5.41) is 11.3. The van der Waals surface area contributed by atoms with Gasteiger partial charge in [-0.25, -0.2) is 4.79 Å². The average Bonchev–Trinajstić information content (AvgIpc) is 2.38. The van der Waals surface area contributed by atoms with Gasteiger partial charge in [0.25, 0.3) is 0 Å². The number of aliphatic hydroxyl groups excluding tert-OH is 1. The first kappa shape index (κ1) is 17.1. The summed E-state index contributed by atoms with van der Waals surface area (Å²) in [6.07, 6.45) is -7.34. The molecule has 2 N–H and O–H groups in total. The number of urea groups is 1. The molecule has 0 aliphatic heterocycles. The maximum Gasteiger partial charge on any atom is 0.416 e. The molecular weight excluding hydrogens is 289 g/mol. The molecule has 118 valence electrons. The van der Waals surface area contributed by atoms with Crippen molar-refractivity contribution in [2.24, 2.45) is 0 Å². The molecule has 1 aromatic carbocycles. The summed E-state index contributed by atoms with van der Waals surface area (Å²) in [5.74, 6) is 0.535. The van der Waals surface area contributed by atoms with Gasteiger partial charge in [-0.1, -0.05) is 6.07 Å². The minimum atomic E-state index is -4.76. The maximum atomic E-state index is 12.2. The minimum absolute atomic E-state index is 0.388. The number of aliphatic hydroxyl groups is 1. The van der Waals surface area contributed by atoms with Crippen molar-refractivity contribution >= 4 is 11.7 Å². The van der Waals surface area contributed by atoms with E-state index >= 15 is 0 Å². The number of anilines is 1. The fourth-order valence-corrected chi connectivity index (χ4v) is 1.50. The zero-order valence-electron chi connectivity index (χ0n) is 11.6. The SMILES string of the molecule is CCOc1cccc(NC(=O)N(C)CC(O)C(F)(F)F)c1. The molecule has 0 aliphatic carbocycles. The van der Waals surface area contributed by atoms with Gasteiger partial charge in [-0.3, -0.25) is 0 Å². The molecule has 0 saturated carbocycles. The number of hydrogen-bond donors (Lipinski definition) is 2. The lowest BCUT2D eigenvalue weighted by Gasteiger charge is -2.22. The van der Waals surface area contributed by atoms with E-state index in [4.69, 9.17) is 9.84 Å². The fraction of sp³-hybridized carbons (Fsp3) is 0.462. The standard InChI is InChI=1S/C13H17F3N2O3/c1-3-21-10-6-4-5-9(7-10)17-12(20)18(2)8-11(19)13(14,15)16/h4-7,11,19H,3,8H2,1-2H3,(H,17,20). The Hall–Kier alpha value is -1.96. The fourth-order valence-electron chi connectivity index (χ4n) is 1.50. The van der Waals surface area contributed by atoms with Crippen LogP contribution in [0.25, 0.3) is 0 Å². The minimum Gasteiger partial charge on any atom is -0.494 e. The van der Waals surface area contributed by atoms with Crippen molar-refractivity contribution in [3.63, 3.8) is 0 Å². The van der Waals surface area contributed by atoms with Crippen LogP contribution in [0.1, 0.15) is 6.92 Å². The lowest BCUT2D eigenvalue weighted by molar-refractivity contribution is -0.205. The number of hydrogen-bond acceptors (Lipinski definition) is 3. The largest absolute Gasteiger partial charge is 0.494 e. The summed E-state index contributed by atoms with van der Waals surface area (Å²) in [7, 11) is 1.16. The quantitative estimate of drug-likeness (QED) is 0.878.